The van der Waals surface area contributed by atoms with Crippen LogP contribution in [0.1, 0.15) is 38.7 Å². The van der Waals surface area contributed by atoms with Gasteiger partial charge in [-0.25, -0.2) is 13.1 Å². The maximum absolute atomic E-state index is 12.0. The average Bonchev–Trinajstić information content (AvgIpc) is 2.44. The highest BCUT2D eigenvalue weighted by atomic mass is 32.2. The number of sulfonamides is 1. The minimum absolute atomic E-state index is 0.326. The molecule has 0 unspecified atom stereocenters. The van der Waals surface area contributed by atoms with Crippen LogP contribution >= 0.6 is 0 Å². The van der Waals surface area contributed by atoms with E-state index >= 15 is 0 Å². The van der Waals surface area contributed by atoms with E-state index in [9.17, 15) is 8.42 Å². The van der Waals surface area contributed by atoms with Crippen LogP contribution in [0.25, 0.3) is 0 Å². The fourth-order valence-electron chi connectivity index (χ4n) is 1.83. The number of benzene rings is 1. The van der Waals surface area contributed by atoms with E-state index in [1.54, 1.807) is 12.1 Å². The average molecular weight is 299 g/mol. The van der Waals surface area contributed by atoms with Gasteiger partial charge in [0.25, 0.3) is 0 Å². The molecule has 0 spiro atoms. The lowest BCUT2D eigenvalue weighted by Crippen LogP contribution is -2.25. The molecule has 0 atom stereocenters. The smallest absolute Gasteiger partial charge is 0.240 e. The fraction of sp³-hybridized carbons (Fsp3) is 0.600. The lowest BCUT2D eigenvalue weighted by atomic mass is 10.1. The zero-order valence-electron chi connectivity index (χ0n) is 12.4. The molecule has 0 aliphatic rings. The monoisotopic (exact) mass is 299 g/mol. The topological polar surface area (TPSA) is 55.4 Å². The predicted molar refractivity (Wildman–Crippen MR) is 81.4 cm³/mol. The van der Waals surface area contributed by atoms with Gasteiger partial charge in [-0.1, -0.05) is 32.4 Å². The third-order valence-corrected chi connectivity index (χ3v) is 4.36. The van der Waals surface area contributed by atoms with Crippen LogP contribution in [0, 0.1) is 0 Å². The Balaban J connectivity index is 2.43. The molecule has 0 aliphatic heterocycles. The third kappa shape index (κ3) is 6.03. The molecular weight excluding hydrogens is 274 g/mol. The highest BCUT2D eigenvalue weighted by molar-refractivity contribution is 7.89. The van der Waals surface area contributed by atoms with Gasteiger partial charge in [-0.2, -0.15) is 0 Å². The van der Waals surface area contributed by atoms with Crippen molar-refractivity contribution in [1.82, 2.24) is 4.72 Å². The lowest BCUT2D eigenvalue weighted by molar-refractivity contribution is 0.133. The molecule has 0 amide bonds. The molecule has 20 heavy (non-hydrogen) atoms. The van der Waals surface area contributed by atoms with E-state index < -0.39 is 10.0 Å². The molecule has 0 bridgehead atoms. The molecule has 0 fully saturated rings. The van der Waals surface area contributed by atoms with Crippen molar-refractivity contribution in [2.24, 2.45) is 0 Å². The maximum Gasteiger partial charge on any atom is 0.240 e. The summed E-state index contributed by atoms with van der Waals surface area (Å²) in [4.78, 5) is 0.326. The molecule has 0 aliphatic carbocycles. The molecule has 1 N–H and O–H groups in total. The summed E-state index contributed by atoms with van der Waals surface area (Å²) in [5.41, 5.74) is 1.17. The molecule has 0 aromatic heterocycles. The van der Waals surface area contributed by atoms with Crippen molar-refractivity contribution in [3.05, 3.63) is 29.8 Å². The van der Waals surface area contributed by atoms with Crippen LogP contribution in [0.4, 0.5) is 0 Å². The minimum Gasteiger partial charge on any atom is -0.381 e. The molecule has 114 valence electrons. The van der Waals surface area contributed by atoms with Gasteiger partial charge in [-0.3, -0.25) is 0 Å². The van der Waals surface area contributed by atoms with E-state index in [0.717, 1.165) is 25.9 Å². The van der Waals surface area contributed by atoms with Crippen molar-refractivity contribution >= 4 is 10.0 Å². The van der Waals surface area contributed by atoms with Crippen LogP contribution in [0.3, 0.4) is 0 Å². The first-order chi connectivity index (χ1) is 9.60. The number of hydrogen-bond donors (Lipinski definition) is 1. The Morgan fingerprint density at radius 1 is 1.05 bits per heavy atom. The Hall–Kier alpha value is -0.910. The number of aryl methyl sites for hydroxylation is 1. The summed E-state index contributed by atoms with van der Waals surface area (Å²) in [7, 11) is -3.39. The molecule has 0 radical (unpaired) electrons. The van der Waals surface area contributed by atoms with Gasteiger partial charge in [0.05, 0.1) is 4.90 Å². The molecule has 0 saturated carbocycles. The van der Waals surface area contributed by atoms with Crippen molar-refractivity contribution in [3.63, 3.8) is 0 Å². The maximum atomic E-state index is 12.0. The van der Waals surface area contributed by atoms with Crippen LogP contribution in [-0.2, 0) is 21.2 Å². The summed E-state index contributed by atoms with van der Waals surface area (Å²) in [6.45, 7) is 5.87. The Bertz CT molecular complexity index is 468. The minimum atomic E-state index is -3.39. The molecule has 0 saturated heterocycles. The van der Waals surface area contributed by atoms with Gasteiger partial charge in [-0.15, -0.1) is 0 Å². The van der Waals surface area contributed by atoms with Crippen molar-refractivity contribution in [3.8, 4) is 0 Å². The third-order valence-electron chi connectivity index (χ3n) is 2.88. The second kappa shape index (κ2) is 9.10. The zero-order chi connectivity index (χ0) is 14.8. The van der Waals surface area contributed by atoms with E-state index in [4.69, 9.17) is 4.74 Å². The highest BCUT2D eigenvalue weighted by Gasteiger charge is 2.12. The molecular formula is C15H25NO3S. The number of ether oxygens (including phenoxy) is 1. The first-order valence-corrected chi connectivity index (χ1v) is 8.74. The second-order valence-corrected chi connectivity index (χ2v) is 6.52. The predicted octanol–water partition coefficient (Wildman–Crippen LogP) is 2.73. The highest BCUT2D eigenvalue weighted by Crippen LogP contribution is 2.11. The Labute approximate surface area is 122 Å². The summed E-state index contributed by atoms with van der Waals surface area (Å²) < 4.78 is 32.0. The Morgan fingerprint density at radius 3 is 2.35 bits per heavy atom. The van der Waals surface area contributed by atoms with Crippen LogP contribution in [0.5, 0.6) is 0 Å². The van der Waals surface area contributed by atoms with Gasteiger partial charge < -0.3 is 4.74 Å². The van der Waals surface area contributed by atoms with Gasteiger partial charge in [0, 0.05) is 19.8 Å². The van der Waals surface area contributed by atoms with E-state index in [1.165, 1.54) is 5.56 Å². The fourth-order valence-corrected chi connectivity index (χ4v) is 2.91. The van der Waals surface area contributed by atoms with Crippen molar-refractivity contribution in [2.75, 3.05) is 19.8 Å². The van der Waals surface area contributed by atoms with Gasteiger partial charge in [-0.05, 0) is 37.0 Å². The zero-order valence-corrected chi connectivity index (χ0v) is 13.2. The summed E-state index contributed by atoms with van der Waals surface area (Å²) >= 11 is 0. The summed E-state index contributed by atoms with van der Waals surface area (Å²) in [6, 6.07) is 7.09. The summed E-state index contributed by atoms with van der Waals surface area (Å²) in [5, 5.41) is 0. The van der Waals surface area contributed by atoms with Gasteiger partial charge >= 0.3 is 0 Å². The SMILES string of the molecule is CCCOCCCNS(=O)(=O)c1ccc(CCC)cc1. The van der Waals surface area contributed by atoms with Crippen molar-refractivity contribution < 1.29 is 13.2 Å². The van der Waals surface area contributed by atoms with Gasteiger partial charge in [0.2, 0.25) is 10.0 Å². The first kappa shape index (κ1) is 17.1. The standard InChI is InChI=1S/C15H25NO3S/c1-3-6-14-7-9-15(10-8-14)20(17,18)16-11-5-13-19-12-4-2/h7-10,16H,3-6,11-13H2,1-2H3. The van der Waals surface area contributed by atoms with E-state index in [1.807, 2.05) is 19.1 Å². The van der Waals surface area contributed by atoms with Crippen LogP contribution in [0.15, 0.2) is 29.2 Å². The van der Waals surface area contributed by atoms with E-state index in [-0.39, 0.29) is 0 Å². The van der Waals surface area contributed by atoms with Gasteiger partial charge in [0.1, 0.15) is 0 Å². The lowest BCUT2D eigenvalue weighted by Gasteiger charge is -2.08. The molecule has 0 heterocycles. The normalized spacial score (nSPS) is 11.7. The first-order valence-electron chi connectivity index (χ1n) is 7.26. The number of hydrogen-bond acceptors (Lipinski definition) is 3. The summed E-state index contributed by atoms with van der Waals surface area (Å²) in [6.07, 6.45) is 3.70. The Kier molecular flexibility index (Phi) is 7.80. The largest absolute Gasteiger partial charge is 0.381 e. The Morgan fingerprint density at radius 2 is 1.75 bits per heavy atom. The molecule has 1 aromatic rings. The number of rotatable bonds is 10. The summed E-state index contributed by atoms with van der Waals surface area (Å²) in [5.74, 6) is 0. The second-order valence-electron chi connectivity index (χ2n) is 4.76. The van der Waals surface area contributed by atoms with Crippen LogP contribution in [-0.4, -0.2) is 28.2 Å². The van der Waals surface area contributed by atoms with Crippen molar-refractivity contribution in [2.45, 2.75) is 44.4 Å². The van der Waals surface area contributed by atoms with Crippen LogP contribution < -0.4 is 4.72 Å². The number of nitrogens with one attached hydrogen (secondary N) is 1. The molecule has 4 nitrogen and oxygen atoms in total. The van der Waals surface area contributed by atoms with E-state index in [0.29, 0.717) is 24.5 Å². The quantitative estimate of drug-likeness (QED) is 0.676. The van der Waals surface area contributed by atoms with Gasteiger partial charge in [0.15, 0.2) is 0 Å². The molecule has 1 rings (SSSR count). The molecule has 5 heteroatoms. The van der Waals surface area contributed by atoms with E-state index in [2.05, 4.69) is 11.6 Å². The van der Waals surface area contributed by atoms with Crippen LogP contribution in [0.2, 0.25) is 0 Å². The van der Waals surface area contributed by atoms with Crippen molar-refractivity contribution in [1.29, 1.82) is 0 Å². The molecule has 1 aromatic carbocycles.